The Bertz CT molecular complexity index is 681. The van der Waals surface area contributed by atoms with Crippen molar-refractivity contribution in [2.24, 2.45) is 0 Å². The Morgan fingerprint density at radius 2 is 1.74 bits per heavy atom. The third kappa shape index (κ3) is 4.57. The van der Waals surface area contributed by atoms with Crippen molar-refractivity contribution < 1.29 is 9.53 Å². The number of aryl methyl sites for hydroxylation is 1. The molecule has 0 atom stereocenters. The monoisotopic (exact) mass is 312 g/mol. The van der Waals surface area contributed by atoms with Crippen molar-refractivity contribution in [2.75, 3.05) is 32.6 Å². The topological polar surface area (TPSA) is 41.6 Å². The third-order valence-corrected chi connectivity index (χ3v) is 3.79. The van der Waals surface area contributed by atoms with E-state index in [9.17, 15) is 4.79 Å². The fourth-order valence-electron chi connectivity index (χ4n) is 2.20. The van der Waals surface area contributed by atoms with Crippen molar-refractivity contribution in [1.29, 1.82) is 0 Å². The SMILES string of the molecule is Cc1cccc(Nc2ccccc2C(=O)OCCN(C)C)c1C. The van der Waals surface area contributed by atoms with E-state index >= 15 is 0 Å². The van der Waals surface area contributed by atoms with Crippen molar-refractivity contribution in [1.82, 2.24) is 4.90 Å². The van der Waals surface area contributed by atoms with Gasteiger partial charge in [-0.05, 0) is 57.3 Å². The zero-order chi connectivity index (χ0) is 16.8. The van der Waals surface area contributed by atoms with Crippen LogP contribution < -0.4 is 5.32 Å². The van der Waals surface area contributed by atoms with Crippen LogP contribution in [-0.2, 0) is 4.74 Å². The number of nitrogens with zero attached hydrogens (tertiary/aromatic N) is 1. The largest absolute Gasteiger partial charge is 0.461 e. The van der Waals surface area contributed by atoms with Crippen molar-refractivity contribution in [2.45, 2.75) is 13.8 Å². The number of hydrogen-bond acceptors (Lipinski definition) is 4. The predicted molar refractivity (Wildman–Crippen MR) is 94.5 cm³/mol. The lowest BCUT2D eigenvalue weighted by Gasteiger charge is -2.15. The molecule has 0 aliphatic rings. The van der Waals surface area contributed by atoms with Crippen LogP contribution in [0.3, 0.4) is 0 Å². The van der Waals surface area contributed by atoms with Gasteiger partial charge in [0, 0.05) is 12.2 Å². The first-order valence-electron chi connectivity index (χ1n) is 7.73. The molecule has 0 unspecified atom stereocenters. The zero-order valence-corrected chi connectivity index (χ0v) is 14.2. The first-order chi connectivity index (χ1) is 11.0. The van der Waals surface area contributed by atoms with E-state index in [0.717, 1.165) is 11.4 Å². The minimum Gasteiger partial charge on any atom is -0.461 e. The van der Waals surface area contributed by atoms with Crippen LogP contribution >= 0.6 is 0 Å². The average molecular weight is 312 g/mol. The molecule has 0 aliphatic carbocycles. The maximum atomic E-state index is 12.3. The van der Waals surface area contributed by atoms with Gasteiger partial charge in [-0.15, -0.1) is 0 Å². The summed E-state index contributed by atoms with van der Waals surface area (Å²) in [6.07, 6.45) is 0. The van der Waals surface area contributed by atoms with Crippen molar-refractivity contribution in [3.05, 3.63) is 59.2 Å². The van der Waals surface area contributed by atoms with E-state index in [0.29, 0.717) is 18.7 Å². The molecule has 2 rings (SSSR count). The molecule has 0 aliphatic heterocycles. The smallest absolute Gasteiger partial charge is 0.340 e. The van der Waals surface area contributed by atoms with E-state index in [4.69, 9.17) is 4.74 Å². The van der Waals surface area contributed by atoms with Crippen molar-refractivity contribution in [3.8, 4) is 0 Å². The summed E-state index contributed by atoms with van der Waals surface area (Å²) in [7, 11) is 3.90. The molecule has 122 valence electrons. The van der Waals surface area contributed by atoms with Crippen molar-refractivity contribution in [3.63, 3.8) is 0 Å². The number of carbonyl (C=O) groups is 1. The van der Waals surface area contributed by atoms with Gasteiger partial charge >= 0.3 is 5.97 Å². The molecule has 0 saturated heterocycles. The molecular weight excluding hydrogens is 288 g/mol. The summed E-state index contributed by atoms with van der Waals surface area (Å²) < 4.78 is 5.35. The quantitative estimate of drug-likeness (QED) is 0.825. The van der Waals surface area contributed by atoms with Crippen LogP contribution in [0.1, 0.15) is 21.5 Å². The summed E-state index contributed by atoms with van der Waals surface area (Å²) >= 11 is 0. The Hall–Kier alpha value is -2.33. The molecule has 4 nitrogen and oxygen atoms in total. The lowest BCUT2D eigenvalue weighted by Crippen LogP contribution is -2.20. The Morgan fingerprint density at radius 3 is 2.48 bits per heavy atom. The Morgan fingerprint density at radius 1 is 1.04 bits per heavy atom. The van der Waals surface area contributed by atoms with Gasteiger partial charge in [0.2, 0.25) is 0 Å². The van der Waals surface area contributed by atoms with Gasteiger partial charge in [0.15, 0.2) is 0 Å². The normalized spacial score (nSPS) is 10.7. The van der Waals surface area contributed by atoms with Gasteiger partial charge in [0.05, 0.1) is 11.3 Å². The van der Waals surface area contributed by atoms with E-state index in [1.807, 2.05) is 49.3 Å². The number of hydrogen-bond donors (Lipinski definition) is 1. The van der Waals surface area contributed by atoms with E-state index in [1.165, 1.54) is 11.1 Å². The molecule has 1 N–H and O–H groups in total. The lowest BCUT2D eigenvalue weighted by molar-refractivity contribution is 0.0483. The predicted octanol–water partition coefficient (Wildman–Crippen LogP) is 3.77. The highest BCUT2D eigenvalue weighted by Gasteiger charge is 2.13. The second-order valence-corrected chi connectivity index (χ2v) is 5.86. The molecule has 0 amide bonds. The Balaban J connectivity index is 2.17. The summed E-state index contributed by atoms with van der Waals surface area (Å²) in [5.74, 6) is -0.305. The van der Waals surface area contributed by atoms with Crippen LogP contribution in [0.2, 0.25) is 0 Å². The molecule has 0 aromatic heterocycles. The number of ether oxygens (including phenoxy) is 1. The molecule has 0 saturated carbocycles. The molecule has 0 heterocycles. The summed E-state index contributed by atoms with van der Waals surface area (Å²) in [5, 5.41) is 3.35. The fourth-order valence-corrected chi connectivity index (χ4v) is 2.20. The second kappa shape index (κ2) is 7.79. The molecule has 0 fully saturated rings. The van der Waals surface area contributed by atoms with Crippen molar-refractivity contribution >= 4 is 17.3 Å². The maximum absolute atomic E-state index is 12.3. The molecule has 23 heavy (non-hydrogen) atoms. The van der Waals surface area contributed by atoms with Gasteiger partial charge in [-0.2, -0.15) is 0 Å². The van der Waals surface area contributed by atoms with Gasteiger partial charge < -0.3 is 15.0 Å². The number of nitrogens with one attached hydrogen (secondary N) is 1. The highest BCUT2D eigenvalue weighted by Crippen LogP contribution is 2.25. The first-order valence-corrected chi connectivity index (χ1v) is 7.73. The number of carbonyl (C=O) groups excluding carboxylic acids is 1. The maximum Gasteiger partial charge on any atom is 0.340 e. The first kappa shape index (κ1) is 17.0. The zero-order valence-electron chi connectivity index (χ0n) is 14.2. The van der Waals surface area contributed by atoms with Crippen LogP contribution in [0.15, 0.2) is 42.5 Å². The minimum atomic E-state index is -0.305. The van der Waals surface area contributed by atoms with Crippen LogP contribution in [0.4, 0.5) is 11.4 Å². The second-order valence-electron chi connectivity index (χ2n) is 5.86. The number of esters is 1. The standard InChI is InChI=1S/C19H24N2O2/c1-14-8-7-11-17(15(14)2)20-18-10-6-5-9-16(18)19(22)23-13-12-21(3)4/h5-11,20H,12-13H2,1-4H3. The Kier molecular flexibility index (Phi) is 5.77. The molecule has 0 radical (unpaired) electrons. The van der Waals surface area contributed by atoms with Gasteiger partial charge in [-0.3, -0.25) is 0 Å². The number of anilines is 2. The van der Waals surface area contributed by atoms with Crippen LogP contribution in [0, 0.1) is 13.8 Å². The number of benzene rings is 2. The van der Waals surface area contributed by atoms with Crippen LogP contribution in [-0.4, -0.2) is 38.1 Å². The summed E-state index contributed by atoms with van der Waals surface area (Å²) in [6.45, 7) is 5.22. The number of likely N-dealkylation sites (N-methyl/N-ethyl adjacent to an activating group) is 1. The number of para-hydroxylation sites is 1. The number of rotatable bonds is 6. The van der Waals surface area contributed by atoms with E-state index in [1.54, 1.807) is 6.07 Å². The lowest BCUT2D eigenvalue weighted by atomic mass is 10.1. The summed E-state index contributed by atoms with van der Waals surface area (Å²) in [4.78, 5) is 14.3. The van der Waals surface area contributed by atoms with Crippen LogP contribution in [0.5, 0.6) is 0 Å². The highest BCUT2D eigenvalue weighted by atomic mass is 16.5. The summed E-state index contributed by atoms with van der Waals surface area (Å²) in [5.41, 5.74) is 4.69. The van der Waals surface area contributed by atoms with E-state index in [-0.39, 0.29) is 5.97 Å². The van der Waals surface area contributed by atoms with Crippen LogP contribution in [0.25, 0.3) is 0 Å². The van der Waals surface area contributed by atoms with E-state index in [2.05, 4.69) is 25.2 Å². The summed E-state index contributed by atoms with van der Waals surface area (Å²) in [6, 6.07) is 13.5. The molecule has 0 bridgehead atoms. The Labute approximate surface area is 138 Å². The highest BCUT2D eigenvalue weighted by molar-refractivity contribution is 5.96. The fraction of sp³-hybridized carbons (Fsp3) is 0.316. The van der Waals surface area contributed by atoms with Gasteiger partial charge in [-0.1, -0.05) is 24.3 Å². The van der Waals surface area contributed by atoms with Gasteiger partial charge in [0.1, 0.15) is 6.61 Å². The molecular formula is C19H24N2O2. The third-order valence-electron chi connectivity index (χ3n) is 3.79. The molecule has 4 heteroatoms. The molecule has 2 aromatic rings. The minimum absolute atomic E-state index is 0.305. The van der Waals surface area contributed by atoms with Gasteiger partial charge in [0.25, 0.3) is 0 Å². The van der Waals surface area contributed by atoms with Gasteiger partial charge in [-0.25, -0.2) is 4.79 Å². The average Bonchev–Trinajstić information content (AvgIpc) is 2.52. The molecule has 2 aromatic carbocycles. The molecule has 0 spiro atoms. The van der Waals surface area contributed by atoms with E-state index < -0.39 is 0 Å².